The topological polar surface area (TPSA) is 93.1 Å². The van der Waals surface area contributed by atoms with Crippen molar-refractivity contribution in [3.63, 3.8) is 0 Å². The molecule has 3 aromatic rings. The molecule has 7 nitrogen and oxygen atoms in total. The van der Waals surface area contributed by atoms with E-state index in [0.29, 0.717) is 23.7 Å². The summed E-state index contributed by atoms with van der Waals surface area (Å²) in [7, 11) is -3.63. The van der Waals surface area contributed by atoms with Crippen LogP contribution in [0.25, 0.3) is 11.3 Å². The maximum absolute atomic E-state index is 12.8. The predicted molar refractivity (Wildman–Crippen MR) is 123 cm³/mol. The average Bonchev–Trinajstić information content (AvgIpc) is 3.54. The number of carbonyl (C=O) groups is 1. The Kier molecular flexibility index (Phi) is 5.57. The minimum absolute atomic E-state index is 0.100. The summed E-state index contributed by atoms with van der Waals surface area (Å²) in [5.74, 6) is 1.18. The summed E-state index contributed by atoms with van der Waals surface area (Å²) in [6.07, 6.45) is 7.52. The van der Waals surface area contributed by atoms with Crippen LogP contribution in [0, 0.1) is 5.92 Å². The lowest BCUT2D eigenvalue weighted by Crippen LogP contribution is -2.26. The van der Waals surface area contributed by atoms with E-state index in [1.54, 1.807) is 12.1 Å². The fourth-order valence-electron chi connectivity index (χ4n) is 3.95. The van der Waals surface area contributed by atoms with Gasteiger partial charge in [0, 0.05) is 42.5 Å². The summed E-state index contributed by atoms with van der Waals surface area (Å²) >= 11 is 0. The summed E-state index contributed by atoms with van der Waals surface area (Å²) < 4.78 is 29.9. The molecular weight excluding hydrogens is 424 g/mol. The van der Waals surface area contributed by atoms with E-state index in [9.17, 15) is 13.2 Å². The van der Waals surface area contributed by atoms with Gasteiger partial charge in [0.15, 0.2) is 0 Å². The molecule has 2 aromatic carbocycles. The average molecular weight is 451 g/mol. The lowest BCUT2D eigenvalue weighted by Gasteiger charge is -2.11. The first-order valence-corrected chi connectivity index (χ1v) is 12.5. The van der Waals surface area contributed by atoms with Crippen LogP contribution in [-0.2, 0) is 23.0 Å². The maximum atomic E-state index is 12.8. The quantitative estimate of drug-likeness (QED) is 0.572. The number of sulfonamides is 1. The molecule has 5 rings (SSSR count). The molecule has 2 aliphatic rings. The van der Waals surface area contributed by atoms with Crippen molar-refractivity contribution in [2.45, 2.75) is 43.5 Å². The van der Waals surface area contributed by atoms with Crippen LogP contribution in [0.5, 0.6) is 0 Å². The Morgan fingerprint density at radius 3 is 2.75 bits per heavy atom. The fraction of sp³-hybridized carbons (Fsp3) is 0.333. The molecule has 1 amide bonds. The molecule has 2 N–H and O–H groups in total. The second-order valence-corrected chi connectivity index (χ2v) is 10.3. The summed E-state index contributed by atoms with van der Waals surface area (Å²) in [6, 6.07) is 13.7. The summed E-state index contributed by atoms with van der Waals surface area (Å²) in [5.41, 5.74) is 2.76. The standard InChI is InChI=1S/C24H26N4O3S/c29-24(19-6-4-8-21(14-19)32(30,31)25-15-17-10-11-17)26-20-7-3-5-18(13-20)22-16-28-12-2-1-9-23(28)27-22/h3-8,13-14,16-17,25H,1-2,9-12,15H2,(H,26,29). The number of rotatable bonds is 7. The van der Waals surface area contributed by atoms with Crippen molar-refractivity contribution in [3.8, 4) is 11.3 Å². The molecule has 8 heteroatoms. The van der Waals surface area contributed by atoms with Gasteiger partial charge < -0.3 is 9.88 Å². The van der Waals surface area contributed by atoms with Gasteiger partial charge in [-0.15, -0.1) is 0 Å². The normalized spacial score (nSPS) is 15.9. The highest BCUT2D eigenvalue weighted by atomic mass is 32.2. The highest BCUT2D eigenvalue weighted by Crippen LogP contribution is 2.28. The molecule has 1 aliphatic heterocycles. The van der Waals surface area contributed by atoms with Crippen molar-refractivity contribution in [1.82, 2.24) is 14.3 Å². The van der Waals surface area contributed by atoms with E-state index in [2.05, 4.69) is 20.8 Å². The van der Waals surface area contributed by atoms with Gasteiger partial charge in [-0.1, -0.05) is 18.2 Å². The van der Waals surface area contributed by atoms with Crippen molar-refractivity contribution in [2.24, 2.45) is 5.92 Å². The van der Waals surface area contributed by atoms with Crippen LogP contribution in [0.3, 0.4) is 0 Å². The van der Waals surface area contributed by atoms with E-state index in [1.807, 2.05) is 24.3 Å². The van der Waals surface area contributed by atoms with E-state index in [0.717, 1.165) is 49.3 Å². The van der Waals surface area contributed by atoms with Crippen molar-refractivity contribution >= 4 is 21.6 Å². The minimum Gasteiger partial charge on any atom is -0.334 e. The molecule has 1 aromatic heterocycles. The zero-order valence-electron chi connectivity index (χ0n) is 17.8. The van der Waals surface area contributed by atoms with Crippen molar-refractivity contribution in [1.29, 1.82) is 0 Å². The zero-order valence-corrected chi connectivity index (χ0v) is 18.6. The van der Waals surface area contributed by atoms with E-state index in [-0.39, 0.29) is 10.8 Å². The van der Waals surface area contributed by atoms with Gasteiger partial charge in [-0.05, 0) is 61.9 Å². The van der Waals surface area contributed by atoms with Gasteiger partial charge >= 0.3 is 0 Å². The van der Waals surface area contributed by atoms with Crippen molar-refractivity contribution in [3.05, 3.63) is 66.1 Å². The second-order valence-electron chi connectivity index (χ2n) is 8.55. The summed E-state index contributed by atoms with van der Waals surface area (Å²) in [5, 5.41) is 2.88. The number of fused-ring (bicyclic) bond motifs is 1. The highest BCUT2D eigenvalue weighted by molar-refractivity contribution is 7.89. The molecule has 0 unspecified atom stereocenters. The molecule has 166 valence electrons. The van der Waals surface area contributed by atoms with Crippen LogP contribution < -0.4 is 10.0 Å². The molecular formula is C24H26N4O3S. The lowest BCUT2D eigenvalue weighted by molar-refractivity contribution is 0.102. The third-order valence-electron chi connectivity index (χ3n) is 5.99. The molecule has 1 fully saturated rings. The number of anilines is 1. The van der Waals surface area contributed by atoms with Crippen LogP contribution in [-0.4, -0.2) is 30.4 Å². The van der Waals surface area contributed by atoms with Gasteiger partial charge in [0.25, 0.3) is 5.91 Å². The Labute approximate surface area is 187 Å². The summed E-state index contributed by atoms with van der Waals surface area (Å²) in [6.45, 7) is 1.44. The number of nitrogens with zero attached hydrogens (tertiary/aromatic N) is 2. The summed E-state index contributed by atoms with van der Waals surface area (Å²) in [4.78, 5) is 17.7. The first-order valence-electron chi connectivity index (χ1n) is 11.1. The monoisotopic (exact) mass is 450 g/mol. The number of nitrogens with one attached hydrogen (secondary N) is 2. The van der Waals surface area contributed by atoms with Crippen LogP contribution in [0.15, 0.2) is 59.6 Å². The Morgan fingerprint density at radius 1 is 1.09 bits per heavy atom. The van der Waals surface area contributed by atoms with Gasteiger partial charge in [-0.25, -0.2) is 18.1 Å². The zero-order chi connectivity index (χ0) is 22.1. The molecule has 0 saturated heterocycles. The molecule has 0 radical (unpaired) electrons. The number of imidazole rings is 1. The molecule has 32 heavy (non-hydrogen) atoms. The molecule has 0 spiro atoms. The minimum atomic E-state index is -3.63. The van der Waals surface area contributed by atoms with Gasteiger partial charge in [-0.2, -0.15) is 0 Å². The molecule has 1 aliphatic carbocycles. The van der Waals surface area contributed by atoms with Crippen molar-refractivity contribution < 1.29 is 13.2 Å². The maximum Gasteiger partial charge on any atom is 0.255 e. The van der Waals surface area contributed by atoms with E-state index in [4.69, 9.17) is 4.98 Å². The smallest absolute Gasteiger partial charge is 0.255 e. The van der Waals surface area contributed by atoms with Gasteiger partial charge in [0.05, 0.1) is 10.6 Å². The first kappa shape index (κ1) is 20.9. The number of aryl methyl sites for hydroxylation is 2. The largest absolute Gasteiger partial charge is 0.334 e. The Morgan fingerprint density at radius 2 is 1.94 bits per heavy atom. The van der Waals surface area contributed by atoms with Crippen LogP contribution in [0.2, 0.25) is 0 Å². The van der Waals surface area contributed by atoms with Gasteiger partial charge in [0.2, 0.25) is 10.0 Å². The fourth-order valence-corrected chi connectivity index (χ4v) is 5.11. The number of benzene rings is 2. The van der Waals surface area contributed by atoms with Crippen LogP contribution >= 0.6 is 0 Å². The molecule has 2 heterocycles. The number of aromatic nitrogens is 2. The third kappa shape index (κ3) is 4.61. The molecule has 0 bridgehead atoms. The molecule has 1 saturated carbocycles. The number of carbonyl (C=O) groups excluding carboxylic acids is 1. The number of hydrogen-bond donors (Lipinski definition) is 2. The molecule has 0 atom stereocenters. The highest BCUT2D eigenvalue weighted by Gasteiger charge is 2.24. The Balaban J connectivity index is 1.32. The second kappa shape index (κ2) is 8.52. The number of amides is 1. The van der Waals surface area contributed by atoms with Gasteiger partial charge in [0.1, 0.15) is 5.82 Å². The van der Waals surface area contributed by atoms with E-state index >= 15 is 0 Å². The Bertz CT molecular complexity index is 1240. The number of hydrogen-bond acceptors (Lipinski definition) is 4. The Hall–Kier alpha value is -2.97. The van der Waals surface area contributed by atoms with Crippen LogP contribution in [0.1, 0.15) is 41.9 Å². The predicted octanol–water partition coefficient (Wildman–Crippen LogP) is 3.83. The van der Waals surface area contributed by atoms with E-state index < -0.39 is 10.0 Å². The first-order chi connectivity index (χ1) is 15.5. The van der Waals surface area contributed by atoms with Crippen molar-refractivity contribution in [2.75, 3.05) is 11.9 Å². The SMILES string of the molecule is O=C(Nc1cccc(-c2cn3c(n2)CCCC3)c1)c1cccc(S(=O)(=O)NCC2CC2)c1. The van der Waals surface area contributed by atoms with E-state index in [1.165, 1.54) is 18.6 Å². The van der Waals surface area contributed by atoms with Gasteiger partial charge in [-0.3, -0.25) is 4.79 Å². The third-order valence-corrected chi connectivity index (χ3v) is 7.41. The van der Waals surface area contributed by atoms with Crippen LogP contribution in [0.4, 0.5) is 5.69 Å². The lowest BCUT2D eigenvalue weighted by atomic mass is 10.1.